The lowest BCUT2D eigenvalue weighted by Gasteiger charge is -2.14. The van der Waals surface area contributed by atoms with Crippen LogP contribution in [0.1, 0.15) is 23.2 Å². The van der Waals surface area contributed by atoms with E-state index in [0.29, 0.717) is 11.4 Å². The highest BCUT2D eigenvalue weighted by atomic mass is 19.1. The van der Waals surface area contributed by atoms with Crippen LogP contribution in [-0.4, -0.2) is 46.7 Å². The smallest absolute Gasteiger partial charge is 0.414 e. The number of anilines is 1. The zero-order chi connectivity index (χ0) is 22.7. The molecule has 2 aromatic heterocycles. The summed E-state index contributed by atoms with van der Waals surface area (Å²) in [6.45, 7) is 1.90. The predicted octanol–water partition coefficient (Wildman–Crippen LogP) is 2.00. The summed E-state index contributed by atoms with van der Waals surface area (Å²) in [6, 6.07) is 7.50. The average Bonchev–Trinajstić information content (AvgIpc) is 3.51. The van der Waals surface area contributed by atoms with Crippen molar-refractivity contribution < 1.29 is 27.9 Å². The fourth-order valence-corrected chi connectivity index (χ4v) is 3.22. The molecular formula is C21H20FN5O5. The number of imidazole rings is 1. The number of carbonyl (C=O) groups is 3. The monoisotopic (exact) mass is 441 g/mol. The van der Waals surface area contributed by atoms with Crippen molar-refractivity contribution in [2.45, 2.75) is 19.6 Å². The Bertz CT molecular complexity index is 1140. The summed E-state index contributed by atoms with van der Waals surface area (Å²) in [6.07, 6.45) is 3.31. The van der Waals surface area contributed by atoms with Gasteiger partial charge in [-0.1, -0.05) is 0 Å². The van der Waals surface area contributed by atoms with E-state index in [2.05, 4.69) is 15.6 Å². The summed E-state index contributed by atoms with van der Waals surface area (Å²) in [5.41, 5.74) is 1.09. The van der Waals surface area contributed by atoms with Gasteiger partial charge in [-0.2, -0.15) is 0 Å². The van der Waals surface area contributed by atoms with E-state index >= 15 is 0 Å². The molecule has 0 spiro atoms. The molecule has 1 aliphatic heterocycles. The molecule has 1 unspecified atom stereocenters. The van der Waals surface area contributed by atoms with Crippen molar-refractivity contribution in [1.29, 1.82) is 0 Å². The van der Waals surface area contributed by atoms with Gasteiger partial charge in [-0.25, -0.2) is 14.2 Å². The van der Waals surface area contributed by atoms with Crippen molar-refractivity contribution in [2.24, 2.45) is 0 Å². The van der Waals surface area contributed by atoms with Crippen molar-refractivity contribution in [1.82, 2.24) is 20.2 Å². The third-order valence-corrected chi connectivity index (χ3v) is 4.78. The van der Waals surface area contributed by atoms with Gasteiger partial charge in [-0.3, -0.25) is 14.5 Å². The highest BCUT2D eigenvalue weighted by molar-refractivity contribution is 5.91. The van der Waals surface area contributed by atoms with Gasteiger partial charge in [0.25, 0.3) is 5.91 Å². The second kappa shape index (κ2) is 8.92. The van der Waals surface area contributed by atoms with E-state index in [4.69, 9.17) is 9.15 Å². The largest absolute Gasteiger partial charge is 0.459 e. The van der Waals surface area contributed by atoms with E-state index in [1.807, 2.05) is 0 Å². The quantitative estimate of drug-likeness (QED) is 0.579. The number of carbonyl (C=O) groups excluding carboxylic acids is 3. The molecule has 10 nitrogen and oxygen atoms in total. The fourth-order valence-electron chi connectivity index (χ4n) is 3.22. The molecule has 0 bridgehead atoms. The van der Waals surface area contributed by atoms with Crippen LogP contribution >= 0.6 is 0 Å². The second-order valence-corrected chi connectivity index (χ2v) is 7.12. The number of amides is 3. The Hall–Kier alpha value is -4.15. The van der Waals surface area contributed by atoms with E-state index < -0.39 is 18.0 Å². The first-order chi connectivity index (χ1) is 15.4. The lowest BCUT2D eigenvalue weighted by atomic mass is 10.2. The molecule has 166 valence electrons. The molecule has 0 radical (unpaired) electrons. The molecule has 1 fully saturated rings. The normalized spacial score (nSPS) is 15.5. The third-order valence-electron chi connectivity index (χ3n) is 4.78. The van der Waals surface area contributed by atoms with Gasteiger partial charge in [0.2, 0.25) is 5.91 Å². The van der Waals surface area contributed by atoms with E-state index in [-0.39, 0.29) is 42.9 Å². The Morgan fingerprint density at radius 2 is 2.12 bits per heavy atom. The fraction of sp³-hybridized carbons (Fsp3) is 0.238. The molecule has 11 heteroatoms. The van der Waals surface area contributed by atoms with Crippen LogP contribution in [0.15, 0.2) is 53.5 Å². The van der Waals surface area contributed by atoms with E-state index in [9.17, 15) is 18.8 Å². The molecular weight excluding hydrogens is 421 g/mol. The molecule has 1 saturated heterocycles. The topological polar surface area (TPSA) is 119 Å². The zero-order valence-electron chi connectivity index (χ0n) is 17.1. The Labute approximate surface area is 182 Å². The predicted molar refractivity (Wildman–Crippen MR) is 110 cm³/mol. The van der Waals surface area contributed by atoms with Gasteiger partial charge in [-0.15, -0.1) is 0 Å². The third kappa shape index (κ3) is 4.61. The number of rotatable bonds is 7. The molecule has 3 aromatic rings. The summed E-state index contributed by atoms with van der Waals surface area (Å²) in [5, 5.41) is 5.26. The zero-order valence-corrected chi connectivity index (χ0v) is 17.1. The minimum absolute atomic E-state index is 0.140. The van der Waals surface area contributed by atoms with Crippen LogP contribution in [0.4, 0.5) is 14.9 Å². The summed E-state index contributed by atoms with van der Waals surface area (Å²) < 4.78 is 26.5. The number of hydrogen-bond acceptors (Lipinski definition) is 6. The molecule has 1 aromatic carbocycles. The molecule has 1 atom stereocenters. The maximum atomic E-state index is 14.8. The van der Waals surface area contributed by atoms with E-state index in [1.54, 1.807) is 24.4 Å². The van der Waals surface area contributed by atoms with Crippen LogP contribution < -0.4 is 15.5 Å². The van der Waals surface area contributed by atoms with Gasteiger partial charge in [0.05, 0.1) is 49.3 Å². The summed E-state index contributed by atoms with van der Waals surface area (Å²) in [5.74, 6) is -0.987. The number of benzene rings is 1. The minimum Gasteiger partial charge on any atom is -0.459 e. The number of ether oxygens (including phenoxy) is 1. The van der Waals surface area contributed by atoms with Crippen molar-refractivity contribution in [2.75, 3.05) is 18.0 Å². The molecule has 2 N–H and O–H groups in total. The maximum Gasteiger partial charge on any atom is 0.414 e. The lowest BCUT2D eigenvalue weighted by molar-refractivity contribution is -0.119. The molecule has 0 aliphatic carbocycles. The Morgan fingerprint density at radius 3 is 2.84 bits per heavy atom. The molecule has 3 amide bonds. The Kier molecular flexibility index (Phi) is 5.88. The van der Waals surface area contributed by atoms with Gasteiger partial charge < -0.3 is 24.4 Å². The second-order valence-electron chi connectivity index (χ2n) is 7.12. The molecule has 32 heavy (non-hydrogen) atoms. The van der Waals surface area contributed by atoms with Gasteiger partial charge in [0, 0.05) is 13.1 Å². The van der Waals surface area contributed by atoms with Crippen LogP contribution in [0.3, 0.4) is 0 Å². The van der Waals surface area contributed by atoms with Crippen molar-refractivity contribution in [3.63, 3.8) is 0 Å². The first-order valence-corrected chi connectivity index (χ1v) is 9.78. The van der Waals surface area contributed by atoms with Gasteiger partial charge >= 0.3 is 6.09 Å². The maximum absolute atomic E-state index is 14.8. The highest BCUT2D eigenvalue weighted by Gasteiger charge is 2.32. The SMILES string of the molecule is CC(=O)NCC1CN(c2ccc(-n3cnc(CNC(=O)c4ccco4)c3)c(F)c2)C(=O)O1. The van der Waals surface area contributed by atoms with Crippen LogP contribution in [0, 0.1) is 5.82 Å². The van der Waals surface area contributed by atoms with Gasteiger partial charge in [0.1, 0.15) is 11.9 Å². The minimum atomic E-state index is -0.607. The number of halogens is 1. The summed E-state index contributed by atoms with van der Waals surface area (Å²) >= 11 is 0. The number of furan rings is 1. The number of aromatic nitrogens is 2. The molecule has 0 saturated carbocycles. The van der Waals surface area contributed by atoms with Crippen molar-refractivity contribution in [3.05, 3.63) is 66.4 Å². The summed E-state index contributed by atoms with van der Waals surface area (Å²) in [4.78, 5) is 40.6. The van der Waals surface area contributed by atoms with Crippen LogP contribution in [-0.2, 0) is 16.1 Å². The van der Waals surface area contributed by atoms with E-state index in [1.165, 1.54) is 41.1 Å². The first-order valence-electron chi connectivity index (χ1n) is 9.78. The standard InChI is InChI=1S/C21H20FN5O5/c1-13(28)23-9-16-11-27(21(30)32-16)15-4-5-18(17(22)7-15)26-10-14(25-12-26)8-24-20(29)19-3-2-6-31-19/h2-7,10,12,16H,8-9,11H2,1H3,(H,23,28)(H,24,29). The molecule has 3 heterocycles. The van der Waals surface area contributed by atoms with Gasteiger partial charge in [-0.05, 0) is 30.3 Å². The lowest BCUT2D eigenvalue weighted by Crippen LogP contribution is -2.33. The van der Waals surface area contributed by atoms with Crippen LogP contribution in [0.2, 0.25) is 0 Å². The molecule has 4 rings (SSSR count). The van der Waals surface area contributed by atoms with Crippen molar-refractivity contribution >= 4 is 23.6 Å². The van der Waals surface area contributed by atoms with Gasteiger partial charge in [0.15, 0.2) is 5.76 Å². The molecule has 1 aliphatic rings. The van der Waals surface area contributed by atoms with E-state index in [0.717, 1.165) is 0 Å². The number of nitrogens with zero attached hydrogens (tertiary/aromatic N) is 3. The highest BCUT2D eigenvalue weighted by Crippen LogP contribution is 2.25. The van der Waals surface area contributed by atoms with Crippen LogP contribution in [0.25, 0.3) is 5.69 Å². The number of cyclic esters (lactones) is 1. The Balaban J connectivity index is 1.41. The number of nitrogens with one attached hydrogen (secondary N) is 2. The summed E-state index contributed by atoms with van der Waals surface area (Å²) in [7, 11) is 0. The average molecular weight is 441 g/mol. The Morgan fingerprint density at radius 1 is 1.28 bits per heavy atom. The van der Waals surface area contributed by atoms with Crippen molar-refractivity contribution in [3.8, 4) is 5.69 Å². The first kappa shape index (κ1) is 21.1. The van der Waals surface area contributed by atoms with Crippen LogP contribution in [0.5, 0.6) is 0 Å². The number of hydrogen-bond donors (Lipinski definition) is 2.